The van der Waals surface area contributed by atoms with Crippen molar-refractivity contribution in [3.63, 3.8) is 0 Å². The highest BCUT2D eigenvalue weighted by Gasteiger charge is 2.36. The second-order valence-electron chi connectivity index (χ2n) is 5.81. The van der Waals surface area contributed by atoms with E-state index in [9.17, 15) is 18.0 Å². The number of hydrogen-bond donors (Lipinski definition) is 2. The Kier molecular flexibility index (Phi) is 5.58. The number of carbonyl (C=O) groups is 2. The Morgan fingerprint density at radius 1 is 1.42 bits per heavy atom. The number of rotatable bonds is 6. The van der Waals surface area contributed by atoms with Crippen molar-refractivity contribution >= 4 is 27.5 Å². The van der Waals surface area contributed by atoms with Crippen LogP contribution >= 0.6 is 0 Å². The molecular weight excluding hydrogens is 334 g/mol. The van der Waals surface area contributed by atoms with Crippen LogP contribution in [-0.4, -0.2) is 51.4 Å². The number of amides is 2. The Labute approximate surface area is 141 Å². The van der Waals surface area contributed by atoms with Gasteiger partial charge in [0.2, 0.25) is 21.8 Å². The highest BCUT2D eigenvalue weighted by molar-refractivity contribution is 7.89. The van der Waals surface area contributed by atoms with Gasteiger partial charge in [0.25, 0.3) is 0 Å². The molecular formula is C15H21N3O5S. The van der Waals surface area contributed by atoms with Gasteiger partial charge in [-0.15, -0.1) is 0 Å². The van der Waals surface area contributed by atoms with E-state index < -0.39 is 15.9 Å². The zero-order valence-electron chi connectivity index (χ0n) is 13.6. The number of anilines is 1. The number of hydrogen-bond acceptors (Lipinski definition) is 5. The summed E-state index contributed by atoms with van der Waals surface area (Å²) in [5, 5.41) is 7.71. The zero-order chi connectivity index (χ0) is 17.9. The van der Waals surface area contributed by atoms with Gasteiger partial charge in [0.1, 0.15) is 0 Å². The van der Waals surface area contributed by atoms with Gasteiger partial charge in [-0.2, -0.15) is 0 Å². The van der Waals surface area contributed by atoms with Crippen molar-refractivity contribution in [1.82, 2.24) is 4.90 Å². The van der Waals surface area contributed by atoms with E-state index in [2.05, 4.69) is 5.32 Å². The first kappa shape index (κ1) is 18.4. The minimum Gasteiger partial charge on any atom is -0.383 e. The molecule has 0 saturated carbocycles. The van der Waals surface area contributed by atoms with Crippen LogP contribution in [0.1, 0.15) is 13.3 Å². The standard InChI is InChI=1S/C15H21N3O5S/c1-10(9-23-2)18-8-11(7-14(18)19)15(20)17-12-3-5-13(6-4-12)24(16,21)22/h3-6,10-11H,7-9H2,1-2H3,(H,17,20)(H2,16,21,22)/t10-,11-/m0/s1. The van der Waals surface area contributed by atoms with Crippen LogP contribution in [0.3, 0.4) is 0 Å². The fraction of sp³-hybridized carbons (Fsp3) is 0.467. The van der Waals surface area contributed by atoms with Crippen LogP contribution in [0, 0.1) is 5.92 Å². The number of likely N-dealkylation sites (tertiary alicyclic amines) is 1. The van der Waals surface area contributed by atoms with E-state index in [4.69, 9.17) is 9.88 Å². The Bertz CT molecular complexity index is 717. The molecule has 1 aliphatic rings. The number of primary sulfonamides is 1. The number of methoxy groups -OCH3 is 1. The van der Waals surface area contributed by atoms with Crippen molar-refractivity contribution in [2.45, 2.75) is 24.3 Å². The third-order valence-electron chi connectivity index (χ3n) is 3.92. The molecule has 2 rings (SSSR count). The van der Waals surface area contributed by atoms with Crippen molar-refractivity contribution in [3.05, 3.63) is 24.3 Å². The number of ether oxygens (including phenoxy) is 1. The summed E-state index contributed by atoms with van der Waals surface area (Å²) < 4.78 is 27.4. The van der Waals surface area contributed by atoms with Gasteiger partial charge in [-0.1, -0.05) is 0 Å². The zero-order valence-corrected chi connectivity index (χ0v) is 14.4. The van der Waals surface area contributed by atoms with Gasteiger partial charge in [0, 0.05) is 25.8 Å². The van der Waals surface area contributed by atoms with E-state index in [0.29, 0.717) is 18.8 Å². The number of sulfonamides is 1. The molecule has 1 heterocycles. The van der Waals surface area contributed by atoms with E-state index in [1.165, 1.54) is 24.3 Å². The van der Waals surface area contributed by atoms with Gasteiger partial charge in [-0.05, 0) is 31.2 Å². The predicted octanol–water partition coefficient (Wildman–Crippen LogP) is 0.156. The summed E-state index contributed by atoms with van der Waals surface area (Å²) >= 11 is 0. The highest BCUT2D eigenvalue weighted by atomic mass is 32.2. The van der Waals surface area contributed by atoms with Gasteiger partial charge >= 0.3 is 0 Å². The van der Waals surface area contributed by atoms with Gasteiger partial charge in [-0.3, -0.25) is 9.59 Å². The normalized spacial score (nSPS) is 19.4. The van der Waals surface area contributed by atoms with Crippen molar-refractivity contribution in [2.24, 2.45) is 11.1 Å². The van der Waals surface area contributed by atoms with Crippen LogP contribution in [0.4, 0.5) is 5.69 Å². The van der Waals surface area contributed by atoms with Crippen LogP contribution < -0.4 is 10.5 Å². The van der Waals surface area contributed by atoms with Crippen LogP contribution in [0.25, 0.3) is 0 Å². The van der Waals surface area contributed by atoms with Crippen molar-refractivity contribution in [1.29, 1.82) is 0 Å². The maximum Gasteiger partial charge on any atom is 0.238 e. The van der Waals surface area contributed by atoms with Crippen LogP contribution in [-0.2, 0) is 24.3 Å². The molecule has 0 unspecified atom stereocenters. The fourth-order valence-corrected chi connectivity index (χ4v) is 3.15. The molecule has 8 nitrogen and oxygen atoms in total. The van der Waals surface area contributed by atoms with E-state index in [-0.39, 0.29) is 29.2 Å². The first-order valence-corrected chi connectivity index (χ1v) is 8.99. The maximum atomic E-state index is 12.3. The first-order valence-electron chi connectivity index (χ1n) is 7.44. The summed E-state index contributed by atoms with van der Waals surface area (Å²) in [5.41, 5.74) is 0.447. The first-order chi connectivity index (χ1) is 11.2. The monoisotopic (exact) mass is 355 g/mol. The molecule has 1 saturated heterocycles. The molecule has 9 heteroatoms. The third kappa shape index (κ3) is 4.31. The van der Waals surface area contributed by atoms with E-state index in [1.807, 2.05) is 6.92 Å². The molecule has 132 valence electrons. The molecule has 0 aromatic heterocycles. The van der Waals surface area contributed by atoms with Crippen molar-refractivity contribution in [3.8, 4) is 0 Å². The largest absolute Gasteiger partial charge is 0.383 e. The summed E-state index contributed by atoms with van der Waals surface area (Å²) in [6.45, 7) is 2.62. The lowest BCUT2D eigenvalue weighted by Gasteiger charge is -2.23. The quantitative estimate of drug-likeness (QED) is 0.753. The second-order valence-corrected chi connectivity index (χ2v) is 7.37. The smallest absolute Gasteiger partial charge is 0.238 e. The molecule has 1 aromatic carbocycles. The number of nitrogens with two attached hydrogens (primary N) is 1. The lowest BCUT2D eigenvalue weighted by atomic mass is 10.1. The van der Waals surface area contributed by atoms with Crippen LogP contribution in [0.15, 0.2) is 29.2 Å². The topological polar surface area (TPSA) is 119 Å². The highest BCUT2D eigenvalue weighted by Crippen LogP contribution is 2.22. The minimum absolute atomic E-state index is 0.0314. The summed E-state index contributed by atoms with van der Waals surface area (Å²) in [6, 6.07) is 5.46. The molecule has 0 aliphatic carbocycles. The Morgan fingerprint density at radius 3 is 2.58 bits per heavy atom. The van der Waals surface area contributed by atoms with Crippen molar-refractivity contribution < 1.29 is 22.7 Å². The van der Waals surface area contributed by atoms with Crippen LogP contribution in [0.5, 0.6) is 0 Å². The van der Waals surface area contributed by atoms with Gasteiger partial charge < -0.3 is 15.0 Å². The number of benzene rings is 1. The van der Waals surface area contributed by atoms with E-state index in [1.54, 1.807) is 12.0 Å². The fourth-order valence-electron chi connectivity index (χ4n) is 2.64. The molecule has 1 aliphatic heterocycles. The molecule has 3 N–H and O–H groups in total. The summed E-state index contributed by atoms with van der Waals surface area (Å²) in [4.78, 5) is 25.9. The second kappa shape index (κ2) is 7.29. The molecule has 0 spiro atoms. The summed E-state index contributed by atoms with van der Waals surface area (Å²) in [6.07, 6.45) is 0.148. The summed E-state index contributed by atoms with van der Waals surface area (Å²) in [5.74, 6) is -0.808. The molecule has 0 radical (unpaired) electrons. The number of carbonyl (C=O) groups excluding carboxylic acids is 2. The van der Waals surface area contributed by atoms with Gasteiger partial charge in [0.15, 0.2) is 0 Å². The molecule has 0 bridgehead atoms. The molecule has 2 amide bonds. The van der Waals surface area contributed by atoms with Crippen LogP contribution in [0.2, 0.25) is 0 Å². The lowest BCUT2D eigenvalue weighted by molar-refractivity contribution is -0.130. The average molecular weight is 355 g/mol. The molecule has 1 aromatic rings. The van der Waals surface area contributed by atoms with E-state index in [0.717, 1.165) is 0 Å². The summed E-state index contributed by atoms with van der Waals surface area (Å²) in [7, 11) is -2.21. The Morgan fingerprint density at radius 2 is 2.04 bits per heavy atom. The predicted molar refractivity (Wildman–Crippen MR) is 87.6 cm³/mol. The lowest BCUT2D eigenvalue weighted by Crippen LogP contribution is -2.38. The van der Waals surface area contributed by atoms with Crippen molar-refractivity contribution in [2.75, 3.05) is 25.6 Å². The maximum absolute atomic E-state index is 12.3. The Balaban J connectivity index is 1.99. The Hall–Kier alpha value is -1.97. The van der Waals surface area contributed by atoms with E-state index >= 15 is 0 Å². The molecule has 24 heavy (non-hydrogen) atoms. The third-order valence-corrected chi connectivity index (χ3v) is 4.85. The molecule has 2 atom stereocenters. The van der Waals surface area contributed by atoms with Gasteiger partial charge in [-0.25, -0.2) is 13.6 Å². The van der Waals surface area contributed by atoms with Gasteiger partial charge in [0.05, 0.1) is 23.5 Å². The number of nitrogens with zero attached hydrogens (tertiary/aromatic N) is 1. The average Bonchev–Trinajstić information content (AvgIpc) is 2.89. The SMILES string of the molecule is COC[C@H](C)N1C[C@@H](C(=O)Nc2ccc(S(N)(=O)=O)cc2)CC1=O. The minimum atomic E-state index is -3.77. The molecule has 1 fully saturated rings. The number of nitrogens with one attached hydrogen (secondary N) is 1.